The van der Waals surface area contributed by atoms with Crippen LogP contribution in [0.2, 0.25) is 0 Å². The molecule has 2 aliphatic rings. The van der Waals surface area contributed by atoms with Crippen molar-refractivity contribution >= 4 is 11.7 Å². The van der Waals surface area contributed by atoms with Crippen molar-refractivity contribution in [2.75, 3.05) is 32.5 Å². The maximum absolute atomic E-state index is 13.8. The average Bonchev–Trinajstić information content (AvgIpc) is 2.77. The molecule has 0 saturated carbocycles. The van der Waals surface area contributed by atoms with Crippen LogP contribution < -0.4 is 5.32 Å². The number of carbonyl (C=O) groups excluding carboxylic acids is 1. The summed E-state index contributed by atoms with van der Waals surface area (Å²) in [5, 5.41) is 3.24. The van der Waals surface area contributed by atoms with Crippen molar-refractivity contribution in [2.24, 2.45) is 0 Å². The lowest BCUT2D eigenvalue weighted by Gasteiger charge is -2.36. The van der Waals surface area contributed by atoms with Crippen LogP contribution in [-0.4, -0.2) is 52.9 Å². The predicted molar refractivity (Wildman–Crippen MR) is 119 cm³/mol. The summed E-state index contributed by atoms with van der Waals surface area (Å²) < 4.78 is 13.8. The van der Waals surface area contributed by atoms with Crippen molar-refractivity contribution in [3.8, 4) is 0 Å². The van der Waals surface area contributed by atoms with E-state index in [4.69, 9.17) is 9.97 Å². The van der Waals surface area contributed by atoms with Crippen molar-refractivity contribution in [1.29, 1.82) is 0 Å². The van der Waals surface area contributed by atoms with Crippen LogP contribution in [-0.2, 0) is 23.2 Å². The lowest BCUT2D eigenvalue weighted by Crippen LogP contribution is -2.46. The number of halogens is 1. The molecular formula is C24H32FN5O. The third-order valence-corrected chi connectivity index (χ3v) is 6.76. The molecule has 7 heteroatoms. The van der Waals surface area contributed by atoms with Gasteiger partial charge in [-0.15, -0.1) is 0 Å². The van der Waals surface area contributed by atoms with E-state index < -0.39 is 5.41 Å². The number of hydrogen-bond donors (Lipinski definition) is 1. The first-order valence-electron chi connectivity index (χ1n) is 11.1. The Morgan fingerprint density at radius 3 is 2.74 bits per heavy atom. The molecule has 3 heterocycles. The number of piperidine rings is 1. The number of amides is 1. The molecule has 1 aromatic carbocycles. The van der Waals surface area contributed by atoms with E-state index in [1.165, 1.54) is 25.0 Å². The van der Waals surface area contributed by atoms with Gasteiger partial charge >= 0.3 is 0 Å². The summed E-state index contributed by atoms with van der Waals surface area (Å²) in [4.78, 5) is 27.4. The van der Waals surface area contributed by atoms with E-state index in [0.29, 0.717) is 25.1 Å². The standard InChI is InChI=1S/C24H32FN5O/c1-24(2,16-8-7-9-17(25)14-16)23(31)30-13-11-18-19(15-30)27-22(28-21(18)26-3)20-10-5-6-12-29(20)4/h7-9,14,20H,5-6,10-13,15H2,1-4H3,(H,26,27,28)/t20-/m1/s1. The number of nitrogens with zero attached hydrogens (tertiary/aromatic N) is 4. The maximum atomic E-state index is 13.8. The van der Waals surface area contributed by atoms with Crippen molar-refractivity contribution in [2.45, 2.75) is 57.5 Å². The number of carbonyl (C=O) groups is 1. The second kappa shape index (κ2) is 8.54. The summed E-state index contributed by atoms with van der Waals surface area (Å²) >= 11 is 0. The molecule has 4 rings (SSSR count). The zero-order valence-electron chi connectivity index (χ0n) is 18.9. The van der Waals surface area contributed by atoms with Gasteiger partial charge in [-0.05, 0) is 64.4 Å². The van der Waals surface area contributed by atoms with Gasteiger partial charge in [0.2, 0.25) is 5.91 Å². The van der Waals surface area contributed by atoms with Crippen LogP contribution in [0, 0.1) is 5.82 Å². The molecule has 0 unspecified atom stereocenters. The Kier molecular flexibility index (Phi) is 5.97. The molecule has 2 aliphatic heterocycles. The zero-order chi connectivity index (χ0) is 22.2. The summed E-state index contributed by atoms with van der Waals surface area (Å²) in [5.74, 6) is 1.37. The van der Waals surface area contributed by atoms with Crippen molar-refractivity contribution in [1.82, 2.24) is 19.8 Å². The Bertz CT molecular complexity index is 976. The third kappa shape index (κ3) is 4.15. The number of fused-ring (bicyclic) bond motifs is 1. The highest BCUT2D eigenvalue weighted by atomic mass is 19.1. The number of likely N-dealkylation sites (tertiary alicyclic amines) is 1. The first-order chi connectivity index (χ1) is 14.8. The minimum absolute atomic E-state index is 0.00953. The van der Waals surface area contributed by atoms with E-state index in [1.807, 2.05) is 31.9 Å². The smallest absolute Gasteiger partial charge is 0.233 e. The molecule has 1 aromatic heterocycles. The van der Waals surface area contributed by atoms with Crippen LogP contribution in [0.15, 0.2) is 24.3 Å². The number of benzene rings is 1. The van der Waals surface area contributed by atoms with E-state index in [1.54, 1.807) is 6.07 Å². The molecule has 0 bridgehead atoms. The Labute approximate surface area is 183 Å². The van der Waals surface area contributed by atoms with Gasteiger partial charge in [-0.1, -0.05) is 18.6 Å². The van der Waals surface area contributed by atoms with Crippen molar-refractivity contribution < 1.29 is 9.18 Å². The van der Waals surface area contributed by atoms with Gasteiger partial charge in [0.25, 0.3) is 0 Å². The number of rotatable bonds is 4. The summed E-state index contributed by atoms with van der Waals surface area (Å²) in [6, 6.07) is 6.54. The van der Waals surface area contributed by atoms with E-state index in [2.05, 4.69) is 17.3 Å². The molecule has 6 nitrogen and oxygen atoms in total. The van der Waals surface area contributed by atoms with Gasteiger partial charge < -0.3 is 10.2 Å². The van der Waals surface area contributed by atoms with E-state index in [0.717, 1.165) is 35.9 Å². The molecule has 2 aromatic rings. The fourth-order valence-corrected chi connectivity index (χ4v) is 4.78. The van der Waals surface area contributed by atoms with Crippen LogP contribution in [0.25, 0.3) is 0 Å². The quantitative estimate of drug-likeness (QED) is 0.810. The van der Waals surface area contributed by atoms with Gasteiger partial charge in [-0.25, -0.2) is 14.4 Å². The highest BCUT2D eigenvalue weighted by Gasteiger charge is 2.37. The Balaban J connectivity index is 1.62. The average molecular weight is 426 g/mol. The topological polar surface area (TPSA) is 61.4 Å². The molecule has 166 valence electrons. The monoisotopic (exact) mass is 425 g/mol. The molecule has 0 radical (unpaired) electrons. The zero-order valence-corrected chi connectivity index (χ0v) is 18.9. The third-order valence-electron chi connectivity index (χ3n) is 6.76. The molecule has 1 N–H and O–H groups in total. The SMILES string of the molecule is CNc1nc([C@H]2CCCCN2C)nc2c1CCN(C(=O)C(C)(C)c1cccc(F)c1)C2. The minimum Gasteiger partial charge on any atom is -0.373 e. The van der Waals surface area contributed by atoms with Crippen LogP contribution in [0.1, 0.15) is 61.8 Å². The van der Waals surface area contributed by atoms with Gasteiger partial charge in [0.15, 0.2) is 0 Å². The second-order valence-corrected chi connectivity index (χ2v) is 9.21. The highest BCUT2D eigenvalue weighted by Crippen LogP contribution is 2.33. The van der Waals surface area contributed by atoms with Crippen LogP contribution >= 0.6 is 0 Å². The van der Waals surface area contributed by atoms with Crippen LogP contribution in [0.4, 0.5) is 10.2 Å². The molecule has 1 saturated heterocycles. The van der Waals surface area contributed by atoms with Crippen molar-refractivity contribution in [3.63, 3.8) is 0 Å². The predicted octanol–water partition coefficient (Wildman–Crippen LogP) is 3.68. The second-order valence-electron chi connectivity index (χ2n) is 9.21. The van der Waals surface area contributed by atoms with E-state index in [-0.39, 0.29) is 17.8 Å². The molecule has 0 spiro atoms. The number of hydrogen-bond acceptors (Lipinski definition) is 5. The number of anilines is 1. The normalized spacial score (nSPS) is 19.8. The minimum atomic E-state index is -0.815. The first-order valence-corrected chi connectivity index (χ1v) is 11.1. The lowest BCUT2D eigenvalue weighted by molar-refractivity contribution is -0.137. The van der Waals surface area contributed by atoms with E-state index >= 15 is 0 Å². The lowest BCUT2D eigenvalue weighted by atomic mass is 9.82. The Morgan fingerprint density at radius 1 is 1.23 bits per heavy atom. The first kappa shape index (κ1) is 21.7. The van der Waals surface area contributed by atoms with E-state index in [9.17, 15) is 9.18 Å². The molecule has 1 amide bonds. The fraction of sp³-hybridized carbons (Fsp3) is 0.542. The summed E-state index contributed by atoms with van der Waals surface area (Å²) in [6.07, 6.45) is 4.13. The van der Waals surface area contributed by atoms with Gasteiger partial charge in [-0.2, -0.15) is 0 Å². The van der Waals surface area contributed by atoms with Gasteiger partial charge in [0.05, 0.1) is 23.7 Å². The van der Waals surface area contributed by atoms with Crippen LogP contribution in [0.5, 0.6) is 0 Å². The summed E-state index contributed by atoms with van der Waals surface area (Å²) in [6.45, 7) is 5.83. The number of nitrogens with one attached hydrogen (secondary N) is 1. The van der Waals surface area contributed by atoms with Crippen molar-refractivity contribution in [3.05, 3.63) is 52.7 Å². The van der Waals surface area contributed by atoms with Crippen LogP contribution in [0.3, 0.4) is 0 Å². The highest BCUT2D eigenvalue weighted by molar-refractivity contribution is 5.87. The fourth-order valence-electron chi connectivity index (χ4n) is 4.78. The van der Waals surface area contributed by atoms with Gasteiger partial charge in [0, 0.05) is 19.2 Å². The largest absolute Gasteiger partial charge is 0.373 e. The molecule has 1 atom stereocenters. The molecule has 0 aliphatic carbocycles. The summed E-state index contributed by atoms with van der Waals surface area (Å²) in [7, 11) is 4.02. The molecular weight excluding hydrogens is 393 g/mol. The molecule has 31 heavy (non-hydrogen) atoms. The summed E-state index contributed by atoms with van der Waals surface area (Å²) in [5.41, 5.74) is 1.89. The maximum Gasteiger partial charge on any atom is 0.233 e. The Morgan fingerprint density at radius 2 is 2.03 bits per heavy atom. The van der Waals surface area contributed by atoms with Gasteiger partial charge in [-0.3, -0.25) is 9.69 Å². The molecule has 1 fully saturated rings. The number of aromatic nitrogens is 2. The van der Waals surface area contributed by atoms with Gasteiger partial charge in [0.1, 0.15) is 17.5 Å². The Hall–Kier alpha value is -2.54.